The first-order chi connectivity index (χ1) is 26.1. The summed E-state index contributed by atoms with van der Waals surface area (Å²) in [5.74, 6) is 0.651. The largest absolute Gasteiger partial charge is 0.309 e. The monoisotopic (exact) mass is 679 g/mol. The van der Waals surface area contributed by atoms with Gasteiger partial charge in [0.25, 0.3) is 0 Å². The summed E-state index contributed by atoms with van der Waals surface area (Å²) in [7, 11) is 0. The second kappa shape index (κ2) is 11.1. The highest BCUT2D eigenvalue weighted by molar-refractivity contribution is 6.24. The van der Waals surface area contributed by atoms with Crippen molar-refractivity contribution in [2.45, 2.75) is 19.3 Å². The van der Waals surface area contributed by atoms with E-state index in [1.54, 1.807) is 0 Å². The molecule has 1 aliphatic carbocycles. The van der Waals surface area contributed by atoms with Gasteiger partial charge in [-0.2, -0.15) is 0 Å². The summed E-state index contributed by atoms with van der Waals surface area (Å²) in [5.41, 5.74) is 14.5. The van der Waals surface area contributed by atoms with E-state index in [-0.39, 0.29) is 5.41 Å². The van der Waals surface area contributed by atoms with Gasteiger partial charge >= 0.3 is 0 Å². The van der Waals surface area contributed by atoms with Gasteiger partial charge in [0, 0.05) is 61.7 Å². The van der Waals surface area contributed by atoms with Gasteiger partial charge in [-0.05, 0) is 65.2 Å². The lowest BCUT2D eigenvalue weighted by molar-refractivity contribution is 0.666. The van der Waals surface area contributed by atoms with Crippen molar-refractivity contribution in [2.24, 2.45) is 0 Å². The highest BCUT2D eigenvalue weighted by atomic mass is 15.2. The Kier molecular flexibility index (Phi) is 6.23. The van der Waals surface area contributed by atoms with Crippen LogP contribution in [0.2, 0.25) is 0 Å². The average Bonchev–Trinajstić information content (AvgIpc) is 3.82. The molecule has 10 aromatic rings. The number of pyridine rings is 1. The molecule has 5 nitrogen and oxygen atoms in total. The quantitative estimate of drug-likeness (QED) is 0.186. The number of nitrogens with zero attached hydrogens (tertiary/aromatic N) is 5. The van der Waals surface area contributed by atoms with E-state index in [0.717, 1.165) is 55.4 Å². The van der Waals surface area contributed by atoms with Crippen LogP contribution in [0.15, 0.2) is 164 Å². The molecule has 0 saturated carbocycles. The fourth-order valence-corrected chi connectivity index (χ4v) is 8.88. The van der Waals surface area contributed by atoms with E-state index >= 15 is 0 Å². The van der Waals surface area contributed by atoms with Crippen LogP contribution >= 0.6 is 0 Å². The van der Waals surface area contributed by atoms with Crippen LogP contribution < -0.4 is 0 Å². The molecule has 0 atom stereocenters. The van der Waals surface area contributed by atoms with Gasteiger partial charge in [-0.3, -0.25) is 9.55 Å². The van der Waals surface area contributed by atoms with E-state index in [0.29, 0.717) is 5.95 Å². The SMILES string of the molecule is CC1(C)c2ccccc2-c2c1c1c3c4cc(-c5cccnc5)ccc4n(-c4nc(-c5ccccc5)c5ccccc5n4)c3ccc1n2-c1ccccc1. The number of rotatable bonds is 4. The van der Waals surface area contributed by atoms with Crippen molar-refractivity contribution in [1.82, 2.24) is 24.1 Å². The van der Waals surface area contributed by atoms with Crippen molar-refractivity contribution in [2.75, 3.05) is 0 Å². The van der Waals surface area contributed by atoms with E-state index in [9.17, 15) is 0 Å². The van der Waals surface area contributed by atoms with Gasteiger partial charge in [-0.1, -0.05) is 117 Å². The Morgan fingerprint density at radius 2 is 1.23 bits per heavy atom. The van der Waals surface area contributed by atoms with Crippen LogP contribution in [0.25, 0.3) is 88.9 Å². The number of benzene rings is 6. The van der Waals surface area contributed by atoms with Gasteiger partial charge in [0.1, 0.15) is 0 Å². The average molecular weight is 680 g/mol. The van der Waals surface area contributed by atoms with Crippen molar-refractivity contribution in [3.8, 4) is 45.3 Å². The molecule has 53 heavy (non-hydrogen) atoms. The number of para-hydroxylation sites is 2. The van der Waals surface area contributed by atoms with Crippen LogP contribution in [0.1, 0.15) is 25.0 Å². The van der Waals surface area contributed by atoms with Gasteiger partial charge in [0.2, 0.25) is 5.95 Å². The van der Waals surface area contributed by atoms with E-state index in [1.807, 2.05) is 24.5 Å². The topological polar surface area (TPSA) is 48.5 Å². The molecule has 0 amide bonds. The molecular weight excluding hydrogens is 647 g/mol. The smallest absolute Gasteiger partial charge is 0.235 e. The Bertz CT molecular complexity index is 3060. The van der Waals surface area contributed by atoms with Crippen molar-refractivity contribution in [3.05, 3.63) is 175 Å². The minimum Gasteiger partial charge on any atom is -0.309 e. The highest BCUT2D eigenvalue weighted by Crippen LogP contribution is 2.56. The molecule has 0 fully saturated rings. The molecule has 0 radical (unpaired) electrons. The molecular formula is C48H33N5. The maximum absolute atomic E-state index is 5.40. The Hall–Kier alpha value is -6.85. The molecule has 5 heteroatoms. The normalized spacial score (nSPS) is 13.2. The van der Waals surface area contributed by atoms with Gasteiger partial charge in [0.05, 0.1) is 33.5 Å². The first-order valence-corrected chi connectivity index (χ1v) is 18.1. The highest BCUT2D eigenvalue weighted by Gasteiger charge is 2.41. The fraction of sp³-hybridized carbons (Fsp3) is 0.0625. The maximum atomic E-state index is 5.40. The third-order valence-electron chi connectivity index (χ3n) is 11.2. The molecule has 0 spiro atoms. The molecule has 250 valence electrons. The molecule has 0 N–H and O–H groups in total. The molecule has 1 aliphatic rings. The summed E-state index contributed by atoms with van der Waals surface area (Å²) in [6.07, 6.45) is 3.77. The van der Waals surface area contributed by atoms with Crippen molar-refractivity contribution in [1.29, 1.82) is 0 Å². The summed E-state index contributed by atoms with van der Waals surface area (Å²) in [6.45, 7) is 4.76. The van der Waals surface area contributed by atoms with Crippen LogP contribution in [0, 0.1) is 0 Å². The van der Waals surface area contributed by atoms with Gasteiger partial charge in [-0.15, -0.1) is 0 Å². The van der Waals surface area contributed by atoms with Crippen LogP contribution in [0.4, 0.5) is 0 Å². The standard InChI is InChI=1S/C48H33N5/c1-48(2)37-21-11-9-19-34(37)46-44(48)43-41(52(46)33-17-7-4-8-18-33)26-25-40-42(43)36-28-31(32-16-13-27-49-29-32)23-24-39(36)53(40)47-50-38-22-12-10-20-35(38)45(51-47)30-14-5-3-6-15-30/h3-29H,1-2H3. The van der Waals surface area contributed by atoms with E-state index in [1.165, 1.54) is 38.7 Å². The zero-order valence-corrected chi connectivity index (χ0v) is 29.3. The lowest BCUT2D eigenvalue weighted by Gasteiger charge is -2.21. The van der Waals surface area contributed by atoms with Gasteiger partial charge in [0.15, 0.2) is 0 Å². The fourth-order valence-electron chi connectivity index (χ4n) is 8.88. The third-order valence-corrected chi connectivity index (χ3v) is 11.2. The summed E-state index contributed by atoms with van der Waals surface area (Å²) < 4.78 is 4.75. The van der Waals surface area contributed by atoms with E-state index in [2.05, 4.69) is 167 Å². The zero-order chi connectivity index (χ0) is 35.3. The lowest BCUT2D eigenvalue weighted by Crippen LogP contribution is -2.14. The molecule has 0 aliphatic heterocycles. The maximum Gasteiger partial charge on any atom is 0.235 e. The Balaban J connectivity index is 1.33. The second-order valence-corrected chi connectivity index (χ2v) is 14.5. The molecule has 6 aromatic carbocycles. The second-order valence-electron chi connectivity index (χ2n) is 14.5. The van der Waals surface area contributed by atoms with E-state index < -0.39 is 0 Å². The van der Waals surface area contributed by atoms with Crippen LogP contribution in [0.3, 0.4) is 0 Å². The summed E-state index contributed by atoms with van der Waals surface area (Å²) in [6, 6.07) is 54.0. The van der Waals surface area contributed by atoms with Gasteiger partial charge in [-0.25, -0.2) is 9.97 Å². The van der Waals surface area contributed by atoms with Crippen LogP contribution in [-0.4, -0.2) is 24.1 Å². The Labute approximate surface area is 306 Å². The number of fused-ring (bicyclic) bond motifs is 10. The zero-order valence-electron chi connectivity index (χ0n) is 29.3. The summed E-state index contributed by atoms with van der Waals surface area (Å²) >= 11 is 0. The van der Waals surface area contributed by atoms with Crippen LogP contribution in [0.5, 0.6) is 0 Å². The number of hydrogen-bond acceptors (Lipinski definition) is 3. The Morgan fingerprint density at radius 1 is 0.528 bits per heavy atom. The summed E-state index contributed by atoms with van der Waals surface area (Å²) in [5, 5.41) is 4.65. The van der Waals surface area contributed by atoms with E-state index in [4.69, 9.17) is 9.97 Å². The molecule has 0 saturated heterocycles. The first-order valence-electron chi connectivity index (χ1n) is 18.1. The van der Waals surface area contributed by atoms with Crippen molar-refractivity contribution in [3.63, 3.8) is 0 Å². The molecule has 0 unspecified atom stereocenters. The summed E-state index contributed by atoms with van der Waals surface area (Å²) in [4.78, 5) is 15.2. The molecule has 4 heterocycles. The first kappa shape index (κ1) is 29.8. The molecule has 11 rings (SSSR count). The molecule has 0 bridgehead atoms. The van der Waals surface area contributed by atoms with Crippen molar-refractivity contribution >= 4 is 43.6 Å². The number of hydrogen-bond donors (Lipinski definition) is 0. The third kappa shape index (κ3) is 4.22. The van der Waals surface area contributed by atoms with Crippen LogP contribution in [-0.2, 0) is 5.41 Å². The number of aromatic nitrogens is 5. The minimum absolute atomic E-state index is 0.242. The van der Waals surface area contributed by atoms with Crippen molar-refractivity contribution < 1.29 is 0 Å². The predicted octanol–water partition coefficient (Wildman–Crippen LogP) is 11.7. The Morgan fingerprint density at radius 3 is 2.04 bits per heavy atom. The predicted molar refractivity (Wildman–Crippen MR) is 217 cm³/mol. The lowest BCUT2D eigenvalue weighted by atomic mass is 9.81. The molecule has 4 aromatic heterocycles. The van der Waals surface area contributed by atoms with Gasteiger partial charge < -0.3 is 4.57 Å². The minimum atomic E-state index is -0.242.